The number of hydrogen-bond donors (Lipinski definition) is 1. The highest BCUT2D eigenvalue weighted by molar-refractivity contribution is 6.05. The average Bonchev–Trinajstić information content (AvgIpc) is 3.08. The van der Waals surface area contributed by atoms with Gasteiger partial charge in [0.2, 0.25) is 5.95 Å². The van der Waals surface area contributed by atoms with Gasteiger partial charge in [0.15, 0.2) is 0 Å². The maximum Gasteiger partial charge on any atom is 0.259 e. The number of ether oxygens (including phenoxy) is 1. The van der Waals surface area contributed by atoms with Crippen molar-refractivity contribution >= 4 is 17.7 Å². The zero-order valence-corrected chi connectivity index (χ0v) is 15.9. The zero-order valence-electron chi connectivity index (χ0n) is 15.9. The first kappa shape index (κ1) is 18.2. The normalized spacial score (nSPS) is 13.1. The number of nitrogens with zero attached hydrogens (tertiary/aromatic N) is 3. The van der Waals surface area contributed by atoms with E-state index >= 15 is 0 Å². The second-order valence-corrected chi connectivity index (χ2v) is 7.62. The van der Waals surface area contributed by atoms with Crippen LogP contribution >= 0.6 is 0 Å². The fraction of sp³-hybridized carbons (Fsp3) is 0.450. The Morgan fingerprint density at radius 1 is 1.31 bits per heavy atom. The Labute approximate surface area is 154 Å². The predicted octanol–water partition coefficient (Wildman–Crippen LogP) is 3.54. The molecule has 6 heteroatoms. The van der Waals surface area contributed by atoms with Crippen LogP contribution in [0.4, 0.5) is 11.8 Å². The summed E-state index contributed by atoms with van der Waals surface area (Å²) in [5.74, 6) is 1.94. The smallest absolute Gasteiger partial charge is 0.259 e. The number of amides is 1. The number of anilines is 2. The third-order valence-electron chi connectivity index (χ3n) is 4.19. The highest BCUT2D eigenvalue weighted by atomic mass is 16.5. The highest BCUT2D eigenvalue weighted by Crippen LogP contribution is 2.27. The van der Waals surface area contributed by atoms with Crippen LogP contribution in [0.1, 0.15) is 43.6 Å². The fourth-order valence-corrected chi connectivity index (χ4v) is 2.81. The van der Waals surface area contributed by atoms with Crippen LogP contribution in [-0.4, -0.2) is 35.6 Å². The summed E-state index contributed by atoms with van der Waals surface area (Å²) >= 11 is 0. The summed E-state index contributed by atoms with van der Waals surface area (Å²) in [4.78, 5) is 23.5. The van der Waals surface area contributed by atoms with Crippen molar-refractivity contribution in [2.24, 2.45) is 5.41 Å². The number of aromatic nitrogens is 2. The first-order valence-electron chi connectivity index (χ1n) is 9.02. The van der Waals surface area contributed by atoms with E-state index in [9.17, 15) is 4.79 Å². The molecule has 0 aliphatic carbocycles. The quantitative estimate of drug-likeness (QED) is 0.889. The summed E-state index contributed by atoms with van der Waals surface area (Å²) in [5.41, 5.74) is 1.85. The van der Waals surface area contributed by atoms with E-state index in [2.05, 4.69) is 36.1 Å². The van der Waals surface area contributed by atoms with Gasteiger partial charge in [0.1, 0.15) is 11.6 Å². The molecule has 0 fully saturated rings. The minimum atomic E-state index is -0.0670. The molecule has 1 aliphatic heterocycles. The Kier molecular flexibility index (Phi) is 5.11. The predicted molar refractivity (Wildman–Crippen MR) is 103 cm³/mol. The van der Waals surface area contributed by atoms with Gasteiger partial charge in [-0.15, -0.1) is 0 Å². The number of rotatable bonds is 5. The Hall–Kier alpha value is -2.63. The van der Waals surface area contributed by atoms with E-state index in [0.717, 1.165) is 24.3 Å². The molecule has 138 valence electrons. The van der Waals surface area contributed by atoms with Crippen molar-refractivity contribution in [1.29, 1.82) is 0 Å². The first-order chi connectivity index (χ1) is 12.4. The Balaban J connectivity index is 1.81. The van der Waals surface area contributed by atoms with Gasteiger partial charge in [-0.3, -0.25) is 9.69 Å². The molecule has 26 heavy (non-hydrogen) atoms. The largest absolute Gasteiger partial charge is 0.493 e. The molecular weight excluding hydrogens is 328 g/mol. The van der Waals surface area contributed by atoms with Crippen LogP contribution in [0, 0.1) is 5.41 Å². The van der Waals surface area contributed by atoms with Gasteiger partial charge in [-0.05, 0) is 42.2 Å². The summed E-state index contributed by atoms with van der Waals surface area (Å²) < 4.78 is 5.52. The molecule has 0 radical (unpaired) electrons. The molecule has 0 spiro atoms. The van der Waals surface area contributed by atoms with Crippen molar-refractivity contribution in [3.63, 3.8) is 0 Å². The van der Waals surface area contributed by atoms with Crippen molar-refractivity contribution in [3.05, 3.63) is 41.6 Å². The maximum absolute atomic E-state index is 13.0. The Morgan fingerprint density at radius 2 is 2.12 bits per heavy atom. The van der Waals surface area contributed by atoms with Crippen LogP contribution in [0.3, 0.4) is 0 Å². The molecule has 6 nitrogen and oxygen atoms in total. The van der Waals surface area contributed by atoms with Crippen LogP contribution in [0.15, 0.2) is 30.5 Å². The molecule has 0 saturated heterocycles. The molecule has 0 atom stereocenters. The number of carbonyl (C=O) groups excluding carboxylic acids is 1. The molecule has 1 N–H and O–H groups in total. The van der Waals surface area contributed by atoms with Crippen LogP contribution < -0.4 is 15.0 Å². The van der Waals surface area contributed by atoms with E-state index in [0.29, 0.717) is 30.5 Å². The minimum absolute atomic E-state index is 0.0670. The summed E-state index contributed by atoms with van der Waals surface area (Å²) in [6, 6.07) is 7.38. The first-order valence-corrected chi connectivity index (χ1v) is 9.02. The second-order valence-electron chi connectivity index (χ2n) is 7.62. The van der Waals surface area contributed by atoms with Crippen molar-refractivity contribution in [1.82, 2.24) is 9.97 Å². The number of hydrogen-bond acceptors (Lipinski definition) is 5. The number of nitrogens with one attached hydrogen (secondary N) is 1. The highest BCUT2D eigenvalue weighted by Gasteiger charge is 2.21. The van der Waals surface area contributed by atoms with Crippen molar-refractivity contribution < 1.29 is 9.53 Å². The third-order valence-corrected chi connectivity index (χ3v) is 4.19. The van der Waals surface area contributed by atoms with Gasteiger partial charge in [0.25, 0.3) is 5.91 Å². The molecule has 1 aliphatic rings. The standard InChI is InChI=1S/C20H26N4O2/c1-5-24(17-8-10-21-19(23-17)22-13-20(2,3)4)18(25)15-6-7-16-14(12-15)9-11-26-16/h6-8,10,12H,5,9,11,13H2,1-4H3,(H,21,22,23). The monoisotopic (exact) mass is 354 g/mol. The maximum atomic E-state index is 13.0. The van der Waals surface area contributed by atoms with Crippen LogP contribution in [0.2, 0.25) is 0 Å². The molecule has 0 unspecified atom stereocenters. The summed E-state index contributed by atoms with van der Waals surface area (Å²) in [6.45, 7) is 10.3. The molecule has 1 aromatic carbocycles. The Bertz CT molecular complexity index is 799. The van der Waals surface area contributed by atoms with Crippen molar-refractivity contribution in [3.8, 4) is 5.75 Å². The number of carbonyl (C=O) groups is 1. The topological polar surface area (TPSA) is 67.4 Å². The lowest BCUT2D eigenvalue weighted by Gasteiger charge is -2.22. The van der Waals surface area contributed by atoms with E-state index < -0.39 is 0 Å². The van der Waals surface area contributed by atoms with Crippen LogP contribution in [0.25, 0.3) is 0 Å². The third kappa shape index (κ3) is 4.12. The SMILES string of the molecule is CCN(C(=O)c1ccc2c(c1)CCO2)c1ccnc(NCC(C)(C)C)n1. The zero-order chi connectivity index (χ0) is 18.7. The van der Waals surface area contributed by atoms with Gasteiger partial charge in [0, 0.05) is 31.3 Å². The lowest BCUT2D eigenvalue weighted by Crippen LogP contribution is -2.32. The van der Waals surface area contributed by atoms with Crippen molar-refractivity contribution in [2.75, 3.05) is 29.9 Å². The molecule has 1 amide bonds. The molecule has 2 heterocycles. The second kappa shape index (κ2) is 7.32. The van der Waals surface area contributed by atoms with E-state index in [1.165, 1.54) is 0 Å². The van der Waals surface area contributed by atoms with Gasteiger partial charge >= 0.3 is 0 Å². The lowest BCUT2D eigenvalue weighted by atomic mass is 9.97. The van der Waals surface area contributed by atoms with Gasteiger partial charge in [-0.25, -0.2) is 4.98 Å². The number of benzene rings is 1. The van der Waals surface area contributed by atoms with Crippen molar-refractivity contribution in [2.45, 2.75) is 34.1 Å². The average molecular weight is 354 g/mol. The van der Waals surface area contributed by atoms with Crippen LogP contribution in [-0.2, 0) is 6.42 Å². The van der Waals surface area contributed by atoms with E-state index in [1.807, 2.05) is 25.1 Å². The van der Waals surface area contributed by atoms with Crippen LogP contribution in [0.5, 0.6) is 5.75 Å². The molecule has 0 bridgehead atoms. The van der Waals surface area contributed by atoms with E-state index in [-0.39, 0.29) is 11.3 Å². The molecule has 3 rings (SSSR count). The molecule has 2 aromatic rings. The lowest BCUT2D eigenvalue weighted by molar-refractivity contribution is 0.0987. The summed E-state index contributed by atoms with van der Waals surface area (Å²) in [5, 5.41) is 3.24. The van der Waals surface area contributed by atoms with E-state index in [1.54, 1.807) is 17.2 Å². The minimum Gasteiger partial charge on any atom is -0.493 e. The summed E-state index contributed by atoms with van der Waals surface area (Å²) in [6.07, 6.45) is 2.52. The Morgan fingerprint density at radius 3 is 2.85 bits per heavy atom. The van der Waals surface area contributed by atoms with Gasteiger partial charge in [-0.2, -0.15) is 4.98 Å². The molecule has 1 aromatic heterocycles. The van der Waals surface area contributed by atoms with Gasteiger partial charge in [0.05, 0.1) is 6.61 Å². The van der Waals surface area contributed by atoms with E-state index in [4.69, 9.17) is 4.74 Å². The fourth-order valence-electron chi connectivity index (χ4n) is 2.81. The van der Waals surface area contributed by atoms with Gasteiger partial charge in [-0.1, -0.05) is 20.8 Å². The van der Waals surface area contributed by atoms with Gasteiger partial charge < -0.3 is 10.1 Å². The molecule has 0 saturated carbocycles. The number of fused-ring (bicyclic) bond motifs is 1. The molecular formula is C20H26N4O2. The summed E-state index contributed by atoms with van der Waals surface area (Å²) in [7, 11) is 0.